The quantitative estimate of drug-likeness (QED) is 0.863. The molecule has 0 aromatic heterocycles. The number of nitrogens with zero attached hydrogens (tertiary/aromatic N) is 1. The Bertz CT molecular complexity index is 548. The van der Waals surface area contributed by atoms with Crippen LogP contribution in [0.4, 0.5) is 0 Å². The zero-order chi connectivity index (χ0) is 17.8. The van der Waals surface area contributed by atoms with Crippen LogP contribution in [-0.2, 0) is 16.1 Å². The Morgan fingerprint density at radius 1 is 1.21 bits per heavy atom. The van der Waals surface area contributed by atoms with Gasteiger partial charge in [-0.2, -0.15) is 5.06 Å². The number of benzene rings is 1. The number of hydrogen-bond acceptors (Lipinski definition) is 3. The molecule has 3 unspecified atom stereocenters. The molecule has 1 saturated heterocycles. The van der Waals surface area contributed by atoms with E-state index in [1.54, 1.807) is 0 Å². The van der Waals surface area contributed by atoms with Crippen LogP contribution in [0.2, 0.25) is 0 Å². The van der Waals surface area contributed by atoms with Gasteiger partial charge in [-0.15, -0.1) is 0 Å². The van der Waals surface area contributed by atoms with Gasteiger partial charge in [0.2, 0.25) is 5.91 Å². The molecule has 1 amide bonds. The molecule has 0 saturated carbocycles. The topological polar surface area (TPSA) is 41.6 Å². The molecule has 1 heterocycles. The summed E-state index contributed by atoms with van der Waals surface area (Å²) in [7, 11) is 0. The zero-order valence-electron chi connectivity index (χ0n) is 15.8. The summed E-state index contributed by atoms with van der Waals surface area (Å²) in [5.41, 5.74) is 0.746. The van der Waals surface area contributed by atoms with Gasteiger partial charge in [0.15, 0.2) is 0 Å². The Hall–Kier alpha value is -1.39. The molecular weight excluding hydrogens is 300 g/mol. The number of amides is 1. The summed E-state index contributed by atoms with van der Waals surface area (Å²) < 4.78 is 0. The lowest BCUT2D eigenvalue weighted by Gasteiger charge is -2.49. The molecule has 0 radical (unpaired) electrons. The van der Waals surface area contributed by atoms with Crippen molar-refractivity contribution in [2.24, 2.45) is 0 Å². The van der Waals surface area contributed by atoms with Gasteiger partial charge in [0.1, 0.15) is 0 Å². The molecule has 1 aromatic rings. The largest absolute Gasteiger partial charge is 0.352 e. The van der Waals surface area contributed by atoms with Crippen molar-refractivity contribution in [3.05, 3.63) is 35.9 Å². The Kier molecular flexibility index (Phi) is 6.05. The summed E-state index contributed by atoms with van der Waals surface area (Å²) in [6.45, 7) is 11.3. The maximum Gasteiger partial charge on any atom is 0.222 e. The standard InChI is InChI=1S/C20H32N2O2/c1-6-19(4)15-18(23)21-16(3)20(5,7-2)22(19)24-14-13-17-11-9-8-10-12-17/h8-12,16H,6-7,13-15H2,1-5H3,(H,21,23). The van der Waals surface area contributed by atoms with E-state index in [0.29, 0.717) is 13.0 Å². The summed E-state index contributed by atoms with van der Waals surface area (Å²) in [5, 5.41) is 5.28. The number of nitrogens with one attached hydrogen (secondary N) is 1. The van der Waals surface area contributed by atoms with Crippen LogP contribution in [0.5, 0.6) is 0 Å². The minimum Gasteiger partial charge on any atom is -0.352 e. The van der Waals surface area contributed by atoms with Crippen molar-refractivity contribution in [3.63, 3.8) is 0 Å². The molecule has 1 aromatic carbocycles. The third-order valence-corrected chi connectivity index (χ3v) is 5.74. The second kappa shape index (κ2) is 7.66. The fourth-order valence-corrected chi connectivity index (χ4v) is 3.58. The molecule has 2 rings (SSSR count). The van der Waals surface area contributed by atoms with E-state index in [2.05, 4.69) is 69.3 Å². The van der Waals surface area contributed by atoms with E-state index in [1.165, 1.54) is 5.56 Å². The van der Waals surface area contributed by atoms with Crippen LogP contribution < -0.4 is 5.32 Å². The fraction of sp³-hybridized carbons (Fsp3) is 0.650. The molecule has 1 aliphatic rings. The second-order valence-corrected chi connectivity index (χ2v) is 7.39. The minimum atomic E-state index is -0.295. The maximum absolute atomic E-state index is 12.3. The third kappa shape index (κ3) is 3.81. The number of rotatable bonds is 6. The summed E-state index contributed by atoms with van der Waals surface area (Å²) in [6.07, 6.45) is 3.12. The van der Waals surface area contributed by atoms with Crippen LogP contribution in [-0.4, -0.2) is 34.7 Å². The average Bonchev–Trinajstić information content (AvgIpc) is 2.64. The highest BCUT2D eigenvalue weighted by Gasteiger charge is 2.49. The number of hydroxylamine groups is 2. The first kappa shape index (κ1) is 18.9. The van der Waals surface area contributed by atoms with Crippen LogP contribution in [0, 0.1) is 0 Å². The summed E-state index contributed by atoms with van der Waals surface area (Å²) >= 11 is 0. The first-order valence-corrected chi connectivity index (χ1v) is 9.12. The van der Waals surface area contributed by atoms with E-state index in [9.17, 15) is 4.79 Å². The highest BCUT2D eigenvalue weighted by Crippen LogP contribution is 2.37. The molecule has 24 heavy (non-hydrogen) atoms. The molecule has 4 nitrogen and oxygen atoms in total. The Morgan fingerprint density at radius 3 is 2.46 bits per heavy atom. The van der Waals surface area contributed by atoms with Gasteiger partial charge in [-0.05, 0) is 45.6 Å². The Labute approximate surface area is 146 Å². The van der Waals surface area contributed by atoms with Crippen molar-refractivity contribution in [1.82, 2.24) is 10.4 Å². The van der Waals surface area contributed by atoms with Gasteiger partial charge in [0.05, 0.1) is 17.7 Å². The van der Waals surface area contributed by atoms with Crippen LogP contribution in [0.1, 0.15) is 59.4 Å². The van der Waals surface area contributed by atoms with Crippen LogP contribution >= 0.6 is 0 Å². The van der Waals surface area contributed by atoms with Gasteiger partial charge in [0.25, 0.3) is 0 Å². The zero-order valence-corrected chi connectivity index (χ0v) is 15.8. The first-order chi connectivity index (χ1) is 11.4. The average molecular weight is 332 g/mol. The SMILES string of the molecule is CCC1(C)CC(=O)NC(C)C(C)(CC)N1OCCc1ccccc1. The van der Waals surface area contributed by atoms with Crippen molar-refractivity contribution in [2.75, 3.05) is 6.61 Å². The Morgan fingerprint density at radius 2 is 1.88 bits per heavy atom. The lowest BCUT2D eigenvalue weighted by atomic mass is 9.85. The lowest BCUT2D eigenvalue weighted by Crippen LogP contribution is -2.62. The summed E-state index contributed by atoms with van der Waals surface area (Å²) in [4.78, 5) is 18.7. The van der Waals surface area contributed by atoms with Gasteiger partial charge in [-0.1, -0.05) is 44.2 Å². The molecule has 134 valence electrons. The monoisotopic (exact) mass is 332 g/mol. The number of carbonyl (C=O) groups excluding carboxylic acids is 1. The number of carbonyl (C=O) groups is 1. The van der Waals surface area contributed by atoms with Crippen molar-refractivity contribution < 1.29 is 9.63 Å². The van der Waals surface area contributed by atoms with Gasteiger partial charge in [-0.25, -0.2) is 0 Å². The minimum absolute atomic E-state index is 0.0418. The van der Waals surface area contributed by atoms with E-state index in [0.717, 1.165) is 19.3 Å². The number of hydrogen-bond donors (Lipinski definition) is 1. The molecule has 1 aliphatic heterocycles. The normalized spacial score (nSPS) is 31.5. The van der Waals surface area contributed by atoms with Crippen molar-refractivity contribution in [2.45, 2.75) is 77.4 Å². The van der Waals surface area contributed by atoms with Crippen LogP contribution in [0.15, 0.2) is 30.3 Å². The highest BCUT2D eigenvalue weighted by molar-refractivity contribution is 5.78. The van der Waals surface area contributed by atoms with Crippen LogP contribution in [0.3, 0.4) is 0 Å². The molecule has 0 aliphatic carbocycles. The molecular formula is C20H32N2O2. The molecule has 0 bridgehead atoms. The fourth-order valence-electron chi connectivity index (χ4n) is 3.58. The molecule has 4 heteroatoms. The van der Waals surface area contributed by atoms with E-state index in [-0.39, 0.29) is 23.0 Å². The smallest absolute Gasteiger partial charge is 0.222 e. The van der Waals surface area contributed by atoms with Gasteiger partial charge >= 0.3 is 0 Å². The van der Waals surface area contributed by atoms with E-state index < -0.39 is 0 Å². The van der Waals surface area contributed by atoms with E-state index in [4.69, 9.17) is 4.84 Å². The maximum atomic E-state index is 12.3. The van der Waals surface area contributed by atoms with Crippen molar-refractivity contribution in [1.29, 1.82) is 0 Å². The van der Waals surface area contributed by atoms with Crippen molar-refractivity contribution in [3.8, 4) is 0 Å². The van der Waals surface area contributed by atoms with E-state index in [1.807, 2.05) is 6.07 Å². The highest BCUT2D eigenvalue weighted by atomic mass is 16.7. The van der Waals surface area contributed by atoms with E-state index >= 15 is 0 Å². The molecule has 1 N–H and O–H groups in total. The lowest BCUT2D eigenvalue weighted by molar-refractivity contribution is -0.275. The van der Waals surface area contributed by atoms with Gasteiger partial charge in [0, 0.05) is 12.5 Å². The van der Waals surface area contributed by atoms with Gasteiger partial charge in [-0.3, -0.25) is 9.63 Å². The second-order valence-electron chi connectivity index (χ2n) is 7.39. The third-order valence-electron chi connectivity index (χ3n) is 5.74. The molecule has 3 atom stereocenters. The molecule has 0 spiro atoms. The summed E-state index contributed by atoms with van der Waals surface area (Å²) in [5.74, 6) is 0.112. The first-order valence-electron chi connectivity index (χ1n) is 9.12. The summed E-state index contributed by atoms with van der Waals surface area (Å²) in [6, 6.07) is 10.4. The predicted octanol–water partition coefficient (Wildman–Crippen LogP) is 3.71. The van der Waals surface area contributed by atoms with Crippen molar-refractivity contribution >= 4 is 5.91 Å². The molecule has 1 fully saturated rings. The van der Waals surface area contributed by atoms with Gasteiger partial charge < -0.3 is 5.32 Å². The van der Waals surface area contributed by atoms with Crippen LogP contribution in [0.25, 0.3) is 0 Å². The Balaban J connectivity index is 2.20. The predicted molar refractivity (Wildman–Crippen MR) is 97.6 cm³/mol.